The van der Waals surface area contributed by atoms with Gasteiger partial charge in [0.25, 0.3) is 0 Å². The van der Waals surface area contributed by atoms with Gasteiger partial charge in [0.2, 0.25) is 5.91 Å². The largest absolute Gasteiger partial charge is 0.494 e. The molecule has 2 rings (SSSR count). The van der Waals surface area contributed by atoms with E-state index in [0.29, 0.717) is 12.1 Å². The molecule has 3 N–H and O–H groups in total. The number of methoxy groups -OCH3 is 1. The number of rotatable bonds is 3. The smallest absolute Gasteiger partial charge is 0.227 e. The number of hydrogen-bond acceptors (Lipinski definition) is 3. The van der Waals surface area contributed by atoms with Gasteiger partial charge in [0.05, 0.1) is 7.11 Å². The first kappa shape index (κ1) is 13.8. The highest BCUT2D eigenvalue weighted by Gasteiger charge is 2.25. The van der Waals surface area contributed by atoms with Crippen molar-refractivity contribution < 1.29 is 13.9 Å². The molecule has 1 aliphatic rings. The molecular weight excluding hydrogens is 247 g/mol. The number of nitrogens with two attached hydrogens (primary N) is 1. The number of halogens is 1. The van der Waals surface area contributed by atoms with Gasteiger partial charge in [-0.3, -0.25) is 4.79 Å². The number of carbonyl (C=O) groups is 1. The minimum absolute atomic E-state index is 0.0751. The summed E-state index contributed by atoms with van der Waals surface area (Å²) in [7, 11) is 1.40. The Hall–Kier alpha value is -1.62. The van der Waals surface area contributed by atoms with E-state index in [0.717, 1.165) is 19.3 Å². The first-order chi connectivity index (χ1) is 9.10. The van der Waals surface area contributed by atoms with Crippen molar-refractivity contribution in [2.75, 3.05) is 12.4 Å². The average molecular weight is 266 g/mol. The maximum absolute atomic E-state index is 13.5. The van der Waals surface area contributed by atoms with Gasteiger partial charge in [0.1, 0.15) is 0 Å². The Kier molecular flexibility index (Phi) is 4.37. The van der Waals surface area contributed by atoms with E-state index in [1.807, 2.05) is 0 Å². The zero-order valence-electron chi connectivity index (χ0n) is 11.0. The molecule has 0 bridgehead atoms. The number of hydrogen-bond donors (Lipinski definition) is 2. The summed E-state index contributed by atoms with van der Waals surface area (Å²) in [4.78, 5) is 12.1. The molecule has 1 saturated carbocycles. The van der Waals surface area contributed by atoms with Crippen LogP contribution in [0.1, 0.15) is 25.7 Å². The number of amides is 1. The first-order valence-corrected chi connectivity index (χ1v) is 6.50. The molecule has 2 atom stereocenters. The second-order valence-electron chi connectivity index (χ2n) is 4.96. The van der Waals surface area contributed by atoms with Crippen LogP contribution < -0.4 is 15.8 Å². The molecule has 1 aromatic carbocycles. The van der Waals surface area contributed by atoms with Crippen LogP contribution in [0.15, 0.2) is 18.2 Å². The molecular formula is C14H19FN2O2. The van der Waals surface area contributed by atoms with E-state index in [1.54, 1.807) is 6.07 Å². The molecule has 1 aromatic rings. The maximum atomic E-state index is 13.5. The third-order valence-corrected chi connectivity index (χ3v) is 3.50. The molecule has 0 saturated heterocycles. The lowest BCUT2D eigenvalue weighted by molar-refractivity contribution is -0.120. The lowest BCUT2D eigenvalue weighted by atomic mass is 9.85. The fourth-order valence-electron chi connectivity index (χ4n) is 2.45. The fourth-order valence-corrected chi connectivity index (χ4v) is 2.45. The summed E-state index contributed by atoms with van der Waals surface area (Å²) >= 11 is 0. The molecule has 5 heteroatoms. The number of benzene rings is 1. The Morgan fingerprint density at radius 3 is 2.89 bits per heavy atom. The van der Waals surface area contributed by atoms with Gasteiger partial charge >= 0.3 is 0 Å². The van der Waals surface area contributed by atoms with Gasteiger partial charge in [0.15, 0.2) is 11.6 Å². The van der Waals surface area contributed by atoms with Gasteiger partial charge in [-0.15, -0.1) is 0 Å². The van der Waals surface area contributed by atoms with Crippen LogP contribution in [-0.4, -0.2) is 19.1 Å². The van der Waals surface area contributed by atoms with Gasteiger partial charge in [-0.2, -0.15) is 0 Å². The van der Waals surface area contributed by atoms with Crippen molar-refractivity contribution in [2.24, 2.45) is 11.7 Å². The fraction of sp³-hybridized carbons (Fsp3) is 0.500. The van der Waals surface area contributed by atoms with Crippen molar-refractivity contribution in [2.45, 2.75) is 31.7 Å². The van der Waals surface area contributed by atoms with Crippen molar-refractivity contribution in [3.05, 3.63) is 24.0 Å². The van der Waals surface area contributed by atoms with Crippen LogP contribution in [0.2, 0.25) is 0 Å². The highest BCUT2D eigenvalue weighted by molar-refractivity contribution is 5.92. The van der Waals surface area contributed by atoms with E-state index in [9.17, 15) is 9.18 Å². The van der Waals surface area contributed by atoms with Crippen molar-refractivity contribution in [1.82, 2.24) is 0 Å². The standard InChI is InChI=1S/C14H19FN2O2/c1-19-13-6-5-11(8-12(13)15)17-14(18)9-3-2-4-10(16)7-9/h5-6,8-10H,2-4,7,16H2,1H3,(H,17,18). The van der Waals surface area contributed by atoms with Crippen LogP contribution in [0.5, 0.6) is 5.75 Å². The Balaban J connectivity index is 2.00. The zero-order valence-corrected chi connectivity index (χ0v) is 11.0. The third-order valence-electron chi connectivity index (χ3n) is 3.50. The number of anilines is 1. The van der Waals surface area contributed by atoms with Gasteiger partial charge in [-0.05, 0) is 31.4 Å². The van der Waals surface area contributed by atoms with Crippen molar-refractivity contribution in [3.8, 4) is 5.75 Å². The quantitative estimate of drug-likeness (QED) is 0.882. The molecule has 0 radical (unpaired) electrons. The molecule has 0 aromatic heterocycles. The molecule has 2 unspecified atom stereocenters. The summed E-state index contributed by atoms with van der Waals surface area (Å²) in [6.07, 6.45) is 3.49. The summed E-state index contributed by atoms with van der Waals surface area (Å²) in [6.45, 7) is 0. The predicted molar refractivity (Wildman–Crippen MR) is 71.5 cm³/mol. The summed E-state index contributed by atoms with van der Waals surface area (Å²) in [5.74, 6) is -0.480. The molecule has 4 nitrogen and oxygen atoms in total. The van der Waals surface area contributed by atoms with Crippen LogP contribution in [0.25, 0.3) is 0 Å². The van der Waals surface area contributed by atoms with E-state index >= 15 is 0 Å². The third kappa shape index (κ3) is 3.44. The summed E-state index contributed by atoms with van der Waals surface area (Å²) in [5, 5.41) is 2.73. The monoisotopic (exact) mass is 266 g/mol. The van der Waals surface area contributed by atoms with Crippen LogP contribution in [0, 0.1) is 11.7 Å². The van der Waals surface area contributed by atoms with E-state index in [-0.39, 0.29) is 23.6 Å². The Bertz CT molecular complexity index is 465. The van der Waals surface area contributed by atoms with Crippen LogP contribution in [0.4, 0.5) is 10.1 Å². The highest BCUT2D eigenvalue weighted by atomic mass is 19.1. The zero-order chi connectivity index (χ0) is 13.8. The van der Waals surface area contributed by atoms with Gasteiger partial charge in [0, 0.05) is 23.7 Å². The molecule has 0 aliphatic heterocycles. The number of nitrogens with one attached hydrogen (secondary N) is 1. The van der Waals surface area contributed by atoms with Crippen molar-refractivity contribution in [3.63, 3.8) is 0 Å². The maximum Gasteiger partial charge on any atom is 0.227 e. The van der Waals surface area contributed by atoms with Crippen LogP contribution >= 0.6 is 0 Å². The van der Waals surface area contributed by atoms with Crippen LogP contribution in [-0.2, 0) is 4.79 Å². The minimum atomic E-state index is -0.486. The molecule has 1 amide bonds. The predicted octanol–water partition coefficient (Wildman–Crippen LogP) is 2.29. The van der Waals surface area contributed by atoms with Crippen LogP contribution in [0.3, 0.4) is 0 Å². The molecule has 1 fully saturated rings. The van der Waals surface area contributed by atoms with Gasteiger partial charge < -0.3 is 15.8 Å². The molecule has 19 heavy (non-hydrogen) atoms. The SMILES string of the molecule is COc1ccc(NC(=O)C2CCCC(N)C2)cc1F. The summed E-state index contributed by atoms with van der Waals surface area (Å²) < 4.78 is 18.3. The molecule has 1 aliphatic carbocycles. The topological polar surface area (TPSA) is 64.3 Å². The number of carbonyl (C=O) groups excluding carboxylic acids is 1. The van der Waals surface area contributed by atoms with Crippen molar-refractivity contribution in [1.29, 1.82) is 0 Å². The lowest BCUT2D eigenvalue weighted by Gasteiger charge is -2.25. The summed E-state index contributed by atoms with van der Waals surface area (Å²) in [5.41, 5.74) is 6.31. The Labute approximate surface area is 112 Å². The molecule has 104 valence electrons. The average Bonchev–Trinajstić information content (AvgIpc) is 2.39. The van der Waals surface area contributed by atoms with Gasteiger partial charge in [-0.25, -0.2) is 4.39 Å². The number of ether oxygens (including phenoxy) is 1. The van der Waals surface area contributed by atoms with E-state index < -0.39 is 5.82 Å². The van der Waals surface area contributed by atoms with E-state index in [1.165, 1.54) is 19.2 Å². The molecule has 0 heterocycles. The van der Waals surface area contributed by atoms with E-state index in [4.69, 9.17) is 10.5 Å². The Morgan fingerprint density at radius 2 is 2.26 bits per heavy atom. The summed E-state index contributed by atoms with van der Waals surface area (Å²) in [6, 6.07) is 4.48. The van der Waals surface area contributed by atoms with Gasteiger partial charge in [-0.1, -0.05) is 6.42 Å². The second kappa shape index (κ2) is 6.02. The lowest BCUT2D eigenvalue weighted by Crippen LogP contribution is -2.34. The normalized spacial score (nSPS) is 22.9. The second-order valence-corrected chi connectivity index (χ2v) is 4.96. The molecule has 0 spiro atoms. The first-order valence-electron chi connectivity index (χ1n) is 6.50. The van der Waals surface area contributed by atoms with Crippen molar-refractivity contribution >= 4 is 11.6 Å². The van der Waals surface area contributed by atoms with E-state index in [2.05, 4.69) is 5.32 Å². The highest BCUT2D eigenvalue weighted by Crippen LogP contribution is 2.26. The minimum Gasteiger partial charge on any atom is -0.494 e. The Morgan fingerprint density at radius 1 is 1.47 bits per heavy atom.